The van der Waals surface area contributed by atoms with Crippen LogP contribution in [-0.2, 0) is 0 Å². The molecule has 0 unspecified atom stereocenters. The molecule has 18 aromatic rings. The third kappa shape index (κ3) is 12.7. The fraction of sp³-hybridized carbons (Fsp3) is 0. The average Bonchev–Trinajstić information content (AvgIpc) is 0.725. The molecule has 0 heterocycles. The summed E-state index contributed by atoms with van der Waals surface area (Å²) < 4.78 is 0. The second-order valence-corrected chi connectivity index (χ2v) is 26.8. The molecular formula is C102H72N4. The van der Waals surface area contributed by atoms with Crippen LogP contribution in [0.1, 0.15) is 0 Å². The first-order valence-electron chi connectivity index (χ1n) is 36.3. The Bertz CT molecular complexity index is 6010. The molecule has 0 aliphatic carbocycles. The fourth-order valence-electron chi connectivity index (χ4n) is 15.2. The highest BCUT2D eigenvalue weighted by Crippen LogP contribution is 2.52. The predicted molar refractivity (Wildman–Crippen MR) is 450 cm³/mol. The smallest absolute Gasteiger partial charge is 0.0619 e. The van der Waals surface area contributed by atoms with Gasteiger partial charge in [0, 0.05) is 78.1 Å². The molecule has 0 aliphatic heterocycles. The topological polar surface area (TPSA) is 13.0 Å². The van der Waals surface area contributed by atoms with Gasteiger partial charge in [-0.25, -0.2) is 0 Å². The molecule has 0 amide bonds. The number of hydrogen-bond acceptors (Lipinski definition) is 4. The van der Waals surface area contributed by atoms with E-state index in [1.54, 1.807) is 0 Å². The molecule has 4 nitrogen and oxygen atoms in total. The molecule has 0 aliphatic rings. The Kier molecular flexibility index (Phi) is 17.4. The van der Waals surface area contributed by atoms with E-state index in [2.05, 4.69) is 456 Å². The minimum absolute atomic E-state index is 1.04. The third-order valence-corrected chi connectivity index (χ3v) is 20.4. The third-order valence-electron chi connectivity index (χ3n) is 20.4. The number of benzene rings is 18. The molecular weight excluding hydrogens is 1280 g/mol. The zero-order valence-electron chi connectivity index (χ0n) is 58.4. The molecule has 18 rings (SSSR count). The van der Waals surface area contributed by atoms with Crippen molar-refractivity contribution in [3.05, 3.63) is 437 Å². The zero-order valence-corrected chi connectivity index (χ0v) is 58.4. The maximum atomic E-state index is 2.48. The van der Waals surface area contributed by atoms with Crippen molar-refractivity contribution in [2.75, 3.05) is 19.6 Å². The normalized spacial score (nSPS) is 11.2. The van der Waals surface area contributed by atoms with Gasteiger partial charge in [0.15, 0.2) is 0 Å². The van der Waals surface area contributed by atoms with Crippen molar-refractivity contribution in [3.8, 4) is 66.8 Å². The van der Waals surface area contributed by atoms with Crippen molar-refractivity contribution >= 4 is 101 Å². The first-order chi connectivity index (χ1) is 52.6. The van der Waals surface area contributed by atoms with Gasteiger partial charge in [0.2, 0.25) is 0 Å². The van der Waals surface area contributed by atoms with Crippen LogP contribution < -0.4 is 19.6 Å². The van der Waals surface area contributed by atoms with E-state index in [0.717, 1.165) is 123 Å². The van der Waals surface area contributed by atoms with E-state index in [1.165, 1.54) is 44.2 Å². The first-order valence-corrected chi connectivity index (χ1v) is 36.3. The maximum Gasteiger partial charge on any atom is 0.0619 e. The molecule has 18 aromatic carbocycles. The SMILES string of the molecule is c1ccc(-c2ccc(-c3ccc(N(c4ccc(-c5cccc(-c6cccc(N(c7ccc(-c8ccccc8)cc7)c7c8ccccc8c(N(c8ccccc8)c8ccc(-c9ccccc9)cc8)c8ccccc78)c6)c5)cc4)c4ccc(N(c5ccccc5)c5cccc6ccccc56)cc4)cc3)cc2)cc1. The Morgan fingerprint density at radius 3 is 0.764 bits per heavy atom. The second-order valence-electron chi connectivity index (χ2n) is 26.8. The summed E-state index contributed by atoms with van der Waals surface area (Å²) >= 11 is 0. The largest absolute Gasteiger partial charge is 0.311 e. The lowest BCUT2D eigenvalue weighted by atomic mass is 9.94. The lowest BCUT2D eigenvalue weighted by Crippen LogP contribution is -2.14. The minimum atomic E-state index is 1.04. The van der Waals surface area contributed by atoms with Crippen LogP contribution >= 0.6 is 0 Å². The molecule has 0 aromatic heterocycles. The van der Waals surface area contributed by atoms with E-state index in [4.69, 9.17) is 0 Å². The van der Waals surface area contributed by atoms with E-state index in [0.29, 0.717) is 0 Å². The van der Waals surface area contributed by atoms with Crippen molar-refractivity contribution in [1.82, 2.24) is 0 Å². The van der Waals surface area contributed by atoms with E-state index < -0.39 is 0 Å². The molecule has 106 heavy (non-hydrogen) atoms. The molecule has 0 atom stereocenters. The Labute approximate surface area is 619 Å². The van der Waals surface area contributed by atoms with E-state index >= 15 is 0 Å². The van der Waals surface area contributed by atoms with Gasteiger partial charge in [-0.05, 0) is 193 Å². The summed E-state index contributed by atoms with van der Waals surface area (Å²) in [6.07, 6.45) is 0. The Balaban J connectivity index is 0.718. The van der Waals surface area contributed by atoms with Crippen molar-refractivity contribution < 1.29 is 0 Å². The van der Waals surface area contributed by atoms with Crippen molar-refractivity contribution in [2.24, 2.45) is 0 Å². The second kappa shape index (κ2) is 28.8. The van der Waals surface area contributed by atoms with Crippen LogP contribution in [0.15, 0.2) is 437 Å². The molecule has 0 N–H and O–H groups in total. The lowest BCUT2D eigenvalue weighted by molar-refractivity contribution is 1.26. The summed E-state index contributed by atoms with van der Waals surface area (Å²) in [6, 6.07) is 159. The van der Waals surface area contributed by atoms with Crippen LogP contribution in [-0.4, -0.2) is 0 Å². The first kappa shape index (κ1) is 64.1. The number of rotatable bonds is 18. The van der Waals surface area contributed by atoms with Gasteiger partial charge in [0.05, 0.1) is 17.1 Å². The van der Waals surface area contributed by atoms with Crippen LogP contribution in [0.2, 0.25) is 0 Å². The summed E-state index contributed by atoms with van der Waals surface area (Å²) in [5.74, 6) is 0. The van der Waals surface area contributed by atoms with Crippen LogP contribution in [0.4, 0.5) is 68.2 Å². The van der Waals surface area contributed by atoms with Crippen LogP contribution in [0, 0.1) is 0 Å². The molecule has 0 saturated carbocycles. The van der Waals surface area contributed by atoms with Crippen molar-refractivity contribution in [2.45, 2.75) is 0 Å². The molecule has 500 valence electrons. The molecule has 0 spiro atoms. The van der Waals surface area contributed by atoms with Gasteiger partial charge in [0.1, 0.15) is 0 Å². The highest BCUT2D eigenvalue weighted by molar-refractivity contribution is 6.23. The Morgan fingerprint density at radius 2 is 0.349 bits per heavy atom. The Morgan fingerprint density at radius 1 is 0.123 bits per heavy atom. The van der Waals surface area contributed by atoms with Gasteiger partial charge in [-0.3, -0.25) is 0 Å². The number of anilines is 12. The lowest BCUT2D eigenvalue weighted by Gasteiger charge is -2.33. The average molecular weight is 1350 g/mol. The quantitative estimate of drug-likeness (QED) is 0.0627. The van der Waals surface area contributed by atoms with Crippen LogP contribution in [0.5, 0.6) is 0 Å². The minimum Gasteiger partial charge on any atom is -0.311 e. The predicted octanol–water partition coefficient (Wildman–Crippen LogP) is 29.0. The standard InChI is InChI=1S/C102H72N4/c1-6-25-73(26-7-1)76-47-49-77(50-48-76)80-51-59-88(60-52-80)103(90-67-69-91(70-68-90)104(86-36-12-4-13-37-86)100-46-24-32-82-31-16-17-41-95(82)100)89-61-57-81(58-62-89)83-33-22-34-84(71-83)85-35-23-40-94(72-85)106(93-65-55-79(56-66-93)75-29-10-3-11-30-75)102-98-44-20-18-42-96(98)101(97-43-19-21-45-99(97)102)105(87-38-14-5-15-39-87)92-63-53-78(54-64-92)74-27-8-2-9-28-74/h1-72H. The molecule has 0 saturated heterocycles. The molecule has 0 fully saturated rings. The van der Waals surface area contributed by atoms with E-state index in [1.807, 2.05) is 0 Å². The van der Waals surface area contributed by atoms with Gasteiger partial charge >= 0.3 is 0 Å². The van der Waals surface area contributed by atoms with Gasteiger partial charge in [-0.15, -0.1) is 0 Å². The van der Waals surface area contributed by atoms with Gasteiger partial charge in [-0.2, -0.15) is 0 Å². The number of hydrogen-bond donors (Lipinski definition) is 0. The van der Waals surface area contributed by atoms with Gasteiger partial charge in [-0.1, -0.05) is 315 Å². The monoisotopic (exact) mass is 1350 g/mol. The number of fused-ring (bicyclic) bond motifs is 3. The van der Waals surface area contributed by atoms with Crippen molar-refractivity contribution in [1.29, 1.82) is 0 Å². The zero-order chi connectivity index (χ0) is 70.5. The van der Waals surface area contributed by atoms with E-state index in [-0.39, 0.29) is 0 Å². The summed E-state index contributed by atoms with van der Waals surface area (Å²) in [5, 5.41) is 6.92. The number of nitrogens with zero attached hydrogens (tertiary/aromatic N) is 4. The molecule has 0 bridgehead atoms. The summed E-state index contributed by atoms with van der Waals surface area (Å²) in [4.78, 5) is 9.66. The van der Waals surface area contributed by atoms with Gasteiger partial charge < -0.3 is 19.6 Å². The van der Waals surface area contributed by atoms with Gasteiger partial charge in [0.25, 0.3) is 0 Å². The summed E-state index contributed by atoms with van der Waals surface area (Å²) in [5.41, 5.74) is 26.8. The maximum absolute atomic E-state index is 2.48. The summed E-state index contributed by atoms with van der Waals surface area (Å²) in [7, 11) is 0. The van der Waals surface area contributed by atoms with Crippen LogP contribution in [0.3, 0.4) is 0 Å². The molecule has 4 heteroatoms. The molecule has 0 radical (unpaired) electrons. The van der Waals surface area contributed by atoms with Crippen molar-refractivity contribution in [3.63, 3.8) is 0 Å². The number of para-hydroxylation sites is 2. The highest BCUT2D eigenvalue weighted by atomic mass is 15.2. The van der Waals surface area contributed by atoms with Crippen LogP contribution in [0.25, 0.3) is 99.1 Å². The Hall–Kier alpha value is -14.1. The summed E-state index contributed by atoms with van der Waals surface area (Å²) in [6.45, 7) is 0. The van der Waals surface area contributed by atoms with E-state index in [9.17, 15) is 0 Å². The highest BCUT2D eigenvalue weighted by Gasteiger charge is 2.27. The fourth-order valence-corrected chi connectivity index (χ4v) is 15.2.